The lowest BCUT2D eigenvalue weighted by Gasteiger charge is -2.10. The van der Waals surface area contributed by atoms with Gasteiger partial charge in [-0.05, 0) is 51.5 Å². The molecule has 0 aliphatic carbocycles. The van der Waals surface area contributed by atoms with E-state index >= 15 is 0 Å². The summed E-state index contributed by atoms with van der Waals surface area (Å²) in [5.41, 5.74) is 5.35. The maximum Gasteiger partial charge on any atom is 0.128 e. The van der Waals surface area contributed by atoms with Crippen molar-refractivity contribution in [2.75, 3.05) is 5.32 Å². The highest BCUT2D eigenvalue weighted by Gasteiger charge is 2.08. The van der Waals surface area contributed by atoms with Crippen LogP contribution in [0, 0.1) is 26.6 Å². The van der Waals surface area contributed by atoms with Gasteiger partial charge in [-0.3, -0.25) is 0 Å². The van der Waals surface area contributed by atoms with Crippen LogP contribution in [0.5, 0.6) is 0 Å². The lowest BCUT2D eigenvalue weighted by Crippen LogP contribution is -2.04. The molecule has 0 saturated carbocycles. The van der Waals surface area contributed by atoms with Gasteiger partial charge in [0.2, 0.25) is 0 Å². The summed E-state index contributed by atoms with van der Waals surface area (Å²) in [5.74, 6) is -0.163. The summed E-state index contributed by atoms with van der Waals surface area (Å²) in [6.07, 6.45) is 0. The summed E-state index contributed by atoms with van der Waals surface area (Å²) < 4.78 is 15.8. The van der Waals surface area contributed by atoms with Crippen LogP contribution >= 0.6 is 0 Å². The van der Waals surface area contributed by atoms with E-state index in [1.54, 1.807) is 13.0 Å². The molecule has 2 rings (SSSR count). The van der Waals surface area contributed by atoms with Gasteiger partial charge in [0.15, 0.2) is 0 Å². The molecule has 2 nitrogen and oxygen atoms in total. The molecule has 1 N–H and O–H groups in total. The van der Waals surface area contributed by atoms with Crippen LogP contribution < -0.4 is 5.32 Å². The van der Waals surface area contributed by atoms with Crippen LogP contribution in [0.4, 0.5) is 10.1 Å². The number of halogens is 1. The number of anilines is 1. The molecule has 0 amide bonds. The van der Waals surface area contributed by atoms with Crippen molar-refractivity contribution in [2.45, 2.75) is 40.8 Å². The Bertz CT molecular complexity index is 585. The monoisotopic (exact) mass is 260 g/mol. The van der Waals surface area contributed by atoms with Crippen molar-refractivity contribution in [3.63, 3.8) is 0 Å². The van der Waals surface area contributed by atoms with Crippen LogP contribution in [0.3, 0.4) is 0 Å². The Morgan fingerprint density at radius 3 is 2.58 bits per heavy atom. The summed E-state index contributed by atoms with van der Waals surface area (Å²) in [6.45, 7) is 9.90. The minimum atomic E-state index is -0.163. The largest absolute Gasteiger partial charge is 0.381 e. The van der Waals surface area contributed by atoms with Crippen molar-refractivity contribution < 1.29 is 4.39 Å². The van der Waals surface area contributed by atoms with Gasteiger partial charge in [0.1, 0.15) is 5.82 Å². The van der Waals surface area contributed by atoms with E-state index in [2.05, 4.69) is 36.7 Å². The number of hydrogen-bond acceptors (Lipinski definition) is 1. The summed E-state index contributed by atoms with van der Waals surface area (Å²) in [6, 6.07) is 7.33. The third-order valence-electron chi connectivity index (χ3n) is 3.73. The standard InChI is InChI=1S/C16H21FN2/c1-5-19-11(2)9-14(13(19)4)10-18-16-8-6-7-15(17)12(16)3/h6-9,18H,5,10H2,1-4H3. The molecule has 0 radical (unpaired) electrons. The number of benzene rings is 1. The fourth-order valence-corrected chi connectivity index (χ4v) is 2.53. The maximum absolute atomic E-state index is 13.5. The van der Waals surface area contributed by atoms with Crippen molar-refractivity contribution in [2.24, 2.45) is 0 Å². The minimum absolute atomic E-state index is 0.163. The molecule has 102 valence electrons. The molecule has 0 spiro atoms. The maximum atomic E-state index is 13.5. The SMILES string of the molecule is CCn1c(C)cc(CNc2cccc(F)c2C)c1C. The summed E-state index contributed by atoms with van der Waals surface area (Å²) in [4.78, 5) is 0. The second-order valence-corrected chi connectivity index (χ2v) is 4.91. The van der Waals surface area contributed by atoms with E-state index in [1.807, 2.05) is 6.07 Å². The van der Waals surface area contributed by atoms with Crippen molar-refractivity contribution in [1.82, 2.24) is 4.57 Å². The highest BCUT2D eigenvalue weighted by atomic mass is 19.1. The molecule has 0 aliphatic rings. The zero-order chi connectivity index (χ0) is 14.0. The second kappa shape index (κ2) is 5.47. The third-order valence-corrected chi connectivity index (χ3v) is 3.73. The predicted octanol–water partition coefficient (Wildman–Crippen LogP) is 4.18. The Morgan fingerprint density at radius 2 is 1.95 bits per heavy atom. The number of nitrogens with one attached hydrogen (secondary N) is 1. The molecule has 0 aliphatic heterocycles. The van der Waals surface area contributed by atoms with E-state index in [0.717, 1.165) is 18.8 Å². The number of rotatable bonds is 4. The first-order valence-corrected chi connectivity index (χ1v) is 6.69. The van der Waals surface area contributed by atoms with Gasteiger partial charge < -0.3 is 9.88 Å². The molecule has 0 fully saturated rings. The highest BCUT2D eigenvalue weighted by molar-refractivity contribution is 5.51. The normalized spacial score (nSPS) is 10.8. The average Bonchev–Trinajstić information content (AvgIpc) is 2.66. The van der Waals surface area contributed by atoms with Gasteiger partial charge in [-0.2, -0.15) is 0 Å². The van der Waals surface area contributed by atoms with Gasteiger partial charge in [0, 0.05) is 35.7 Å². The van der Waals surface area contributed by atoms with Gasteiger partial charge in [0.25, 0.3) is 0 Å². The Balaban J connectivity index is 2.17. The van der Waals surface area contributed by atoms with E-state index in [1.165, 1.54) is 23.0 Å². The summed E-state index contributed by atoms with van der Waals surface area (Å²) >= 11 is 0. The first kappa shape index (κ1) is 13.7. The number of hydrogen-bond donors (Lipinski definition) is 1. The van der Waals surface area contributed by atoms with E-state index in [9.17, 15) is 4.39 Å². The molecule has 1 heterocycles. The highest BCUT2D eigenvalue weighted by Crippen LogP contribution is 2.20. The Hall–Kier alpha value is -1.77. The molecule has 0 unspecified atom stereocenters. The Kier molecular flexibility index (Phi) is 3.93. The molecule has 0 atom stereocenters. The number of aromatic nitrogens is 1. The van der Waals surface area contributed by atoms with Gasteiger partial charge in [-0.25, -0.2) is 4.39 Å². The number of aryl methyl sites for hydroxylation is 1. The average molecular weight is 260 g/mol. The fourth-order valence-electron chi connectivity index (χ4n) is 2.53. The van der Waals surface area contributed by atoms with Gasteiger partial charge >= 0.3 is 0 Å². The molecular formula is C16H21FN2. The van der Waals surface area contributed by atoms with Gasteiger partial charge in [0.05, 0.1) is 0 Å². The lowest BCUT2D eigenvalue weighted by molar-refractivity contribution is 0.619. The van der Waals surface area contributed by atoms with E-state index in [4.69, 9.17) is 0 Å². The van der Waals surface area contributed by atoms with Crippen LogP contribution in [-0.4, -0.2) is 4.57 Å². The zero-order valence-corrected chi connectivity index (χ0v) is 12.0. The quantitative estimate of drug-likeness (QED) is 0.872. The molecule has 1 aromatic heterocycles. The first-order chi connectivity index (χ1) is 9.04. The lowest BCUT2D eigenvalue weighted by atomic mass is 10.1. The van der Waals surface area contributed by atoms with Crippen molar-refractivity contribution >= 4 is 5.69 Å². The minimum Gasteiger partial charge on any atom is -0.381 e. The predicted molar refractivity (Wildman–Crippen MR) is 78.0 cm³/mol. The third kappa shape index (κ3) is 2.65. The molecule has 3 heteroatoms. The van der Waals surface area contributed by atoms with Crippen LogP contribution in [0.15, 0.2) is 24.3 Å². The topological polar surface area (TPSA) is 17.0 Å². The first-order valence-electron chi connectivity index (χ1n) is 6.69. The molecule has 0 bridgehead atoms. The van der Waals surface area contributed by atoms with Gasteiger partial charge in [-0.1, -0.05) is 6.07 Å². The van der Waals surface area contributed by atoms with E-state index in [-0.39, 0.29) is 5.82 Å². The van der Waals surface area contributed by atoms with Crippen LogP contribution in [0.2, 0.25) is 0 Å². The van der Waals surface area contributed by atoms with Crippen molar-refractivity contribution in [3.05, 3.63) is 52.6 Å². The van der Waals surface area contributed by atoms with Crippen LogP contribution in [-0.2, 0) is 13.1 Å². The summed E-state index contributed by atoms with van der Waals surface area (Å²) in [5, 5.41) is 3.32. The number of nitrogens with zero attached hydrogens (tertiary/aromatic N) is 1. The van der Waals surface area contributed by atoms with E-state index < -0.39 is 0 Å². The van der Waals surface area contributed by atoms with Crippen LogP contribution in [0.25, 0.3) is 0 Å². The smallest absolute Gasteiger partial charge is 0.128 e. The Labute approximate surface area is 114 Å². The molecular weight excluding hydrogens is 239 g/mol. The molecule has 2 aromatic rings. The zero-order valence-electron chi connectivity index (χ0n) is 12.0. The molecule has 19 heavy (non-hydrogen) atoms. The Morgan fingerprint density at radius 1 is 1.21 bits per heavy atom. The fraction of sp³-hybridized carbons (Fsp3) is 0.375. The van der Waals surface area contributed by atoms with Crippen molar-refractivity contribution in [3.8, 4) is 0 Å². The second-order valence-electron chi connectivity index (χ2n) is 4.91. The molecule has 0 saturated heterocycles. The van der Waals surface area contributed by atoms with Gasteiger partial charge in [-0.15, -0.1) is 0 Å². The van der Waals surface area contributed by atoms with Crippen molar-refractivity contribution in [1.29, 1.82) is 0 Å². The molecule has 1 aromatic carbocycles. The van der Waals surface area contributed by atoms with E-state index in [0.29, 0.717) is 5.56 Å². The summed E-state index contributed by atoms with van der Waals surface area (Å²) in [7, 11) is 0. The van der Waals surface area contributed by atoms with Crippen LogP contribution in [0.1, 0.15) is 29.4 Å².